The molecule has 0 aliphatic carbocycles. The molecule has 3 rings (SSSR count). The van der Waals surface area contributed by atoms with E-state index < -0.39 is 0 Å². The van der Waals surface area contributed by atoms with Crippen molar-refractivity contribution in [2.75, 3.05) is 11.9 Å². The van der Waals surface area contributed by atoms with E-state index in [0.717, 1.165) is 0 Å². The molecule has 0 aliphatic rings. The Morgan fingerprint density at radius 2 is 2.04 bits per heavy atom. The lowest BCUT2D eigenvalue weighted by atomic mass is 10.2. The molecular formula is C17H17N5O4. The van der Waals surface area contributed by atoms with Gasteiger partial charge in [0, 0.05) is 19.0 Å². The van der Waals surface area contributed by atoms with Gasteiger partial charge in [0.25, 0.3) is 5.56 Å². The summed E-state index contributed by atoms with van der Waals surface area (Å²) in [4.78, 5) is 40.2. The van der Waals surface area contributed by atoms with E-state index in [0.29, 0.717) is 22.5 Å². The summed E-state index contributed by atoms with van der Waals surface area (Å²) in [7, 11) is 0. The average molecular weight is 355 g/mol. The second-order valence-electron chi connectivity index (χ2n) is 5.67. The number of fused-ring (bicyclic) bond motifs is 1. The normalized spacial score (nSPS) is 10.7. The summed E-state index contributed by atoms with van der Waals surface area (Å²) in [6.45, 7) is 1.69. The summed E-state index contributed by atoms with van der Waals surface area (Å²) in [6, 6.07) is 8.52. The molecular weight excluding hydrogens is 338 g/mol. The van der Waals surface area contributed by atoms with Crippen LogP contribution in [-0.4, -0.2) is 33.1 Å². The Morgan fingerprint density at radius 1 is 1.23 bits per heavy atom. The third kappa shape index (κ3) is 4.12. The van der Waals surface area contributed by atoms with Crippen LogP contribution < -0.4 is 16.2 Å². The number of para-hydroxylation sites is 1. The maximum Gasteiger partial charge on any atom is 0.261 e. The molecule has 0 saturated carbocycles. The van der Waals surface area contributed by atoms with E-state index in [9.17, 15) is 14.4 Å². The van der Waals surface area contributed by atoms with Crippen molar-refractivity contribution < 1.29 is 14.1 Å². The lowest BCUT2D eigenvalue weighted by Crippen LogP contribution is -2.34. The average Bonchev–Trinajstić information content (AvgIpc) is 3.02. The van der Waals surface area contributed by atoms with Crippen LogP contribution in [0.5, 0.6) is 0 Å². The minimum absolute atomic E-state index is 0.0719. The molecule has 26 heavy (non-hydrogen) atoms. The van der Waals surface area contributed by atoms with Crippen LogP contribution in [0.3, 0.4) is 0 Å². The van der Waals surface area contributed by atoms with Crippen LogP contribution in [-0.2, 0) is 16.1 Å². The van der Waals surface area contributed by atoms with Gasteiger partial charge in [-0.2, -0.15) is 0 Å². The van der Waals surface area contributed by atoms with Crippen molar-refractivity contribution in [3.05, 3.63) is 52.8 Å². The van der Waals surface area contributed by atoms with Gasteiger partial charge >= 0.3 is 0 Å². The van der Waals surface area contributed by atoms with Crippen molar-refractivity contribution in [3.8, 4) is 0 Å². The van der Waals surface area contributed by atoms with E-state index in [1.807, 2.05) is 0 Å². The first-order chi connectivity index (χ1) is 12.5. The van der Waals surface area contributed by atoms with Gasteiger partial charge in [-0.25, -0.2) is 4.98 Å². The van der Waals surface area contributed by atoms with Gasteiger partial charge in [-0.1, -0.05) is 17.3 Å². The summed E-state index contributed by atoms with van der Waals surface area (Å²) < 4.78 is 6.08. The van der Waals surface area contributed by atoms with Gasteiger partial charge in [0.1, 0.15) is 12.3 Å². The number of nitrogens with one attached hydrogen (secondary N) is 2. The molecule has 9 heteroatoms. The molecule has 0 unspecified atom stereocenters. The van der Waals surface area contributed by atoms with Crippen molar-refractivity contribution in [1.82, 2.24) is 20.0 Å². The van der Waals surface area contributed by atoms with Gasteiger partial charge in [-0.3, -0.25) is 19.0 Å². The monoisotopic (exact) mass is 355 g/mol. The van der Waals surface area contributed by atoms with Gasteiger partial charge in [-0.15, -0.1) is 0 Å². The van der Waals surface area contributed by atoms with Gasteiger partial charge in [-0.05, 0) is 19.1 Å². The Bertz CT molecular complexity index is 1010. The minimum atomic E-state index is -0.380. The molecule has 0 spiro atoms. The Balaban J connectivity index is 1.51. The summed E-state index contributed by atoms with van der Waals surface area (Å²) in [5, 5.41) is 9.25. The highest BCUT2D eigenvalue weighted by atomic mass is 16.5. The van der Waals surface area contributed by atoms with Crippen LogP contribution in [0.4, 0.5) is 5.82 Å². The number of hydrogen-bond donors (Lipinski definition) is 2. The number of aromatic nitrogens is 3. The number of amides is 2. The van der Waals surface area contributed by atoms with Crippen LogP contribution in [0.15, 0.2) is 46.0 Å². The van der Waals surface area contributed by atoms with Crippen molar-refractivity contribution in [2.45, 2.75) is 19.9 Å². The zero-order chi connectivity index (χ0) is 18.5. The summed E-state index contributed by atoms with van der Waals surface area (Å²) in [5.74, 6) is 0.230. The van der Waals surface area contributed by atoms with E-state index in [1.54, 1.807) is 37.3 Å². The summed E-state index contributed by atoms with van der Waals surface area (Å²) >= 11 is 0. The second-order valence-corrected chi connectivity index (χ2v) is 5.67. The van der Waals surface area contributed by atoms with E-state index in [4.69, 9.17) is 4.52 Å². The molecule has 2 aromatic heterocycles. The Labute approximate surface area is 148 Å². The third-order valence-electron chi connectivity index (χ3n) is 3.62. The van der Waals surface area contributed by atoms with Crippen molar-refractivity contribution in [2.24, 2.45) is 0 Å². The highest BCUT2D eigenvalue weighted by molar-refractivity contribution is 5.90. The predicted octanol–water partition coefficient (Wildman–Crippen LogP) is 0.838. The first-order valence-corrected chi connectivity index (χ1v) is 7.97. The maximum atomic E-state index is 12.3. The molecule has 0 fully saturated rings. The number of carbonyl (C=O) groups is 2. The fourth-order valence-corrected chi connectivity index (χ4v) is 2.38. The maximum absolute atomic E-state index is 12.3. The number of carbonyl (C=O) groups excluding carboxylic acids is 2. The van der Waals surface area contributed by atoms with Crippen LogP contribution in [0.25, 0.3) is 10.9 Å². The molecule has 0 saturated heterocycles. The van der Waals surface area contributed by atoms with Gasteiger partial charge in [0.15, 0.2) is 5.82 Å². The van der Waals surface area contributed by atoms with E-state index in [1.165, 1.54) is 10.9 Å². The molecule has 0 radical (unpaired) electrons. The van der Waals surface area contributed by atoms with E-state index in [-0.39, 0.29) is 36.9 Å². The van der Waals surface area contributed by atoms with Crippen molar-refractivity contribution in [1.29, 1.82) is 0 Å². The van der Waals surface area contributed by atoms with Crippen LogP contribution in [0.2, 0.25) is 0 Å². The SMILES string of the molecule is Cc1cc(NC(=O)CCNC(=O)Cn2cnc3ccccc3c2=O)no1. The van der Waals surface area contributed by atoms with E-state index in [2.05, 4.69) is 20.8 Å². The Kier molecular flexibility index (Phi) is 5.07. The zero-order valence-electron chi connectivity index (χ0n) is 14.1. The highest BCUT2D eigenvalue weighted by Gasteiger charge is 2.09. The molecule has 0 bridgehead atoms. The molecule has 3 aromatic rings. The molecule has 2 heterocycles. The first-order valence-electron chi connectivity index (χ1n) is 7.97. The third-order valence-corrected chi connectivity index (χ3v) is 3.62. The van der Waals surface area contributed by atoms with Gasteiger partial charge in [0.05, 0.1) is 17.2 Å². The first kappa shape index (κ1) is 17.3. The largest absolute Gasteiger partial charge is 0.360 e. The van der Waals surface area contributed by atoms with Gasteiger partial charge < -0.3 is 15.2 Å². The van der Waals surface area contributed by atoms with Crippen LogP contribution >= 0.6 is 0 Å². The molecule has 9 nitrogen and oxygen atoms in total. The number of hydrogen-bond acceptors (Lipinski definition) is 6. The van der Waals surface area contributed by atoms with Crippen molar-refractivity contribution in [3.63, 3.8) is 0 Å². The molecule has 0 atom stereocenters. The lowest BCUT2D eigenvalue weighted by Gasteiger charge is -2.08. The fourth-order valence-electron chi connectivity index (χ4n) is 2.38. The van der Waals surface area contributed by atoms with Gasteiger partial charge in [0.2, 0.25) is 11.8 Å². The highest BCUT2D eigenvalue weighted by Crippen LogP contribution is 2.07. The molecule has 1 aromatic carbocycles. The number of anilines is 1. The zero-order valence-corrected chi connectivity index (χ0v) is 14.1. The fraction of sp³-hybridized carbons (Fsp3) is 0.235. The number of rotatable bonds is 6. The summed E-state index contributed by atoms with van der Waals surface area (Å²) in [5.41, 5.74) is 0.291. The molecule has 2 N–H and O–H groups in total. The number of nitrogens with zero attached hydrogens (tertiary/aromatic N) is 3. The summed E-state index contributed by atoms with van der Waals surface area (Å²) in [6.07, 6.45) is 1.41. The van der Waals surface area contributed by atoms with Crippen LogP contribution in [0.1, 0.15) is 12.2 Å². The second kappa shape index (κ2) is 7.60. The van der Waals surface area contributed by atoms with E-state index >= 15 is 0 Å². The lowest BCUT2D eigenvalue weighted by molar-refractivity contribution is -0.121. The topological polar surface area (TPSA) is 119 Å². The molecule has 2 amide bonds. The standard InChI is InChI=1S/C17H17N5O4/c1-11-8-14(21-26-11)20-15(23)6-7-18-16(24)9-22-10-19-13-5-3-2-4-12(13)17(22)25/h2-5,8,10H,6-7,9H2,1H3,(H,18,24)(H,20,21,23). The number of benzene rings is 1. The molecule has 134 valence electrons. The Hall–Kier alpha value is -3.49. The van der Waals surface area contributed by atoms with Crippen LogP contribution in [0, 0.1) is 6.92 Å². The Morgan fingerprint density at radius 3 is 2.81 bits per heavy atom. The minimum Gasteiger partial charge on any atom is -0.360 e. The number of aryl methyl sites for hydroxylation is 1. The smallest absolute Gasteiger partial charge is 0.261 e. The quantitative estimate of drug-likeness (QED) is 0.676. The van der Waals surface area contributed by atoms with Crippen molar-refractivity contribution >= 4 is 28.5 Å². The predicted molar refractivity (Wildman–Crippen MR) is 93.5 cm³/mol. The molecule has 0 aliphatic heterocycles.